The third-order valence-electron chi connectivity index (χ3n) is 1.74. The van der Waals surface area contributed by atoms with E-state index in [1.165, 1.54) is 0 Å². The molecule has 5 nitrogen and oxygen atoms in total. The minimum atomic E-state index is -0.485. The first-order valence-corrected chi connectivity index (χ1v) is 4.07. The predicted molar refractivity (Wildman–Crippen MR) is 49.6 cm³/mol. The van der Waals surface area contributed by atoms with Crippen molar-refractivity contribution >= 4 is 6.01 Å². The van der Waals surface area contributed by atoms with Crippen LogP contribution in [0.25, 0.3) is 0 Å². The first kappa shape index (κ1) is 10.0. The van der Waals surface area contributed by atoms with Crippen molar-refractivity contribution in [2.75, 3.05) is 25.6 Å². The summed E-state index contributed by atoms with van der Waals surface area (Å²) in [7, 11) is 3.67. The Hall–Kier alpha value is -1.07. The summed E-state index contributed by atoms with van der Waals surface area (Å²) in [4.78, 5) is 5.90. The average Bonchev–Trinajstić information content (AvgIpc) is 2.46. The molecule has 0 aromatic carbocycles. The van der Waals surface area contributed by atoms with E-state index in [9.17, 15) is 0 Å². The first-order chi connectivity index (χ1) is 6.06. The van der Waals surface area contributed by atoms with Crippen molar-refractivity contribution in [3.8, 4) is 0 Å². The van der Waals surface area contributed by atoms with E-state index in [0.29, 0.717) is 11.8 Å². The number of aliphatic hydroxyl groups excluding tert-OH is 1. The highest BCUT2D eigenvalue weighted by Gasteiger charge is 2.16. The van der Waals surface area contributed by atoms with Gasteiger partial charge in [-0.05, 0) is 6.92 Å². The third kappa shape index (κ3) is 1.99. The summed E-state index contributed by atoms with van der Waals surface area (Å²) in [5.41, 5.74) is 6.33. The fraction of sp³-hybridized carbons (Fsp3) is 0.625. The van der Waals surface area contributed by atoms with Crippen molar-refractivity contribution in [3.05, 3.63) is 11.5 Å². The lowest BCUT2D eigenvalue weighted by atomic mass is 10.2. The van der Waals surface area contributed by atoms with E-state index in [4.69, 9.17) is 15.3 Å². The number of hydrogen-bond donors (Lipinski definition) is 2. The Morgan fingerprint density at radius 1 is 1.62 bits per heavy atom. The fourth-order valence-corrected chi connectivity index (χ4v) is 1.01. The normalized spacial score (nSPS) is 13.0. The van der Waals surface area contributed by atoms with Gasteiger partial charge in [-0.25, -0.2) is 0 Å². The van der Waals surface area contributed by atoms with Gasteiger partial charge < -0.3 is 20.2 Å². The molecular formula is C8H15N3O2. The molecule has 0 saturated heterocycles. The highest BCUT2D eigenvalue weighted by molar-refractivity contribution is 5.28. The van der Waals surface area contributed by atoms with E-state index in [1.54, 1.807) is 11.8 Å². The van der Waals surface area contributed by atoms with Gasteiger partial charge in [0.15, 0.2) is 0 Å². The summed E-state index contributed by atoms with van der Waals surface area (Å²) in [5, 5.41) is 8.83. The topological polar surface area (TPSA) is 75.5 Å². The number of nitrogens with zero attached hydrogens (tertiary/aromatic N) is 2. The maximum absolute atomic E-state index is 8.83. The Labute approximate surface area is 77.2 Å². The number of anilines is 1. The highest BCUT2D eigenvalue weighted by atomic mass is 16.4. The standard InChI is InChI=1S/C8H15N3O2/c1-5-7(6(9)4-12)13-8(10-5)11(2)3/h6,12H,4,9H2,1-3H3. The van der Waals surface area contributed by atoms with Crippen LogP contribution < -0.4 is 10.6 Å². The van der Waals surface area contributed by atoms with Crippen LogP contribution in [0.4, 0.5) is 6.01 Å². The first-order valence-electron chi connectivity index (χ1n) is 4.07. The van der Waals surface area contributed by atoms with Crippen molar-refractivity contribution in [3.63, 3.8) is 0 Å². The number of nitrogens with two attached hydrogens (primary N) is 1. The molecule has 1 unspecified atom stereocenters. The molecule has 0 amide bonds. The second-order valence-electron chi connectivity index (χ2n) is 3.13. The van der Waals surface area contributed by atoms with E-state index >= 15 is 0 Å². The lowest BCUT2D eigenvalue weighted by Gasteiger charge is -2.06. The molecule has 3 N–H and O–H groups in total. The van der Waals surface area contributed by atoms with Crippen LogP contribution in [0.15, 0.2) is 4.42 Å². The van der Waals surface area contributed by atoms with Crippen LogP contribution in [0.2, 0.25) is 0 Å². The number of aliphatic hydroxyl groups is 1. The van der Waals surface area contributed by atoms with Gasteiger partial charge in [-0.3, -0.25) is 0 Å². The monoisotopic (exact) mass is 185 g/mol. The lowest BCUT2D eigenvalue weighted by molar-refractivity contribution is 0.251. The van der Waals surface area contributed by atoms with Crippen molar-refractivity contribution in [1.82, 2.24) is 4.98 Å². The SMILES string of the molecule is Cc1nc(N(C)C)oc1C(N)CO. The van der Waals surface area contributed by atoms with Gasteiger partial charge in [-0.15, -0.1) is 0 Å². The molecule has 0 fully saturated rings. The van der Waals surface area contributed by atoms with Gasteiger partial charge in [-0.2, -0.15) is 4.98 Å². The lowest BCUT2D eigenvalue weighted by Crippen LogP contribution is -2.14. The molecule has 74 valence electrons. The van der Waals surface area contributed by atoms with Gasteiger partial charge in [0.05, 0.1) is 18.3 Å². The number of aromatic nitrogens is 1. The molecule has 0 spiro atoms. The molecule has 0 aliphatic carbocycles. The van der Waals surface area contributed by atoms with E-state index in [1.807, 2.05) is 14.1 Å². The highest BCUT2D eigenvalue weighted by Crippen LogP contribution is 2.20. The summed E-state index contributed by atoms with van der Waals surface area (Å²) in [6.07, 6.45) is 0. The quantitative estimate of drug-likeness (QED) is 0.695. The largest absolute Gasteiger partial charge is 0.427 e. The predicted octanol–water partition coefficient (Wildman–Crippen LogP) is 0.0411. The molecule has 0 aliphatic heterocycles. The van der Waals surface area contributed by atoms with Gasteiger partial charge >= 0.3 is 0 Å². The van der Waals surface area contributed by atoms with Crippen molar-refractivity contribution in [2.24, 2.45) is 5.73 Å². The Kier molecular flexibility index (Phi) is 2.90. The fourth-order valence-electron chi connectivity index (χ4n) is 1.01. The second-order valence-corrected chi connectivity index (χ2v) is 3.13. The summed E-state index contributed by atoms with van der Waals surface area (Å²) in [5.74, 6) is 0.547. The molecule has 13 heavy (non-hydrogen) atoms. The zero-order chi connectivity index (χ0) is 10.0. The zero-order valence-corrected chi connectivity index (χ0v) is 8.11. The Morgan fingerprint density at radius 2 is 2.23 bits per heavy atom. The van der Waals surface area contributed by atoms with Gasteiger partial charge in [0.1, 0.15) is 5.76 Å². The minimum Gasteiger partial charge on any atom is -0.427 e. The van der Waals surface area contributed by atoms with Crippen molar-refractivity contribution in [2.45, 2.75) is 13.0 Å². The summed E-state index contributed by atoms with van der Waals surface area (Å²) in [6.45, 7) is 1.67. The summed E-state index contributed by atoms with van der Waals surface area (Å²) in [6, 6.07) is 0.0256. The van der Waals surface area contributed by atoms with Crippen molar-refractivity contribution < 1.29 is 9.52 Å². The smallest absolute Gasteiger partial charge is 0.297 e. The van der Waals surface area contributed by atoms with Crippen LogP contribution in [0.1, 0.15) is 17.5 Å². The van der Waals surface area contributed by atoms with Crippen LogP contribution >= 0.6 is 0 Å². The van der Waals surface area contributed by atoms with Crippen LogP contribution in [-0.2, 0) is 0 Å². The van der Waals surface area contributed by atoms with Crippen LogP contribution in [0, 0.1) is 6.92 Å². The van der Waals surface area contributed by atoms with Crippen molar-refractivity contribution in [1.29, 1.82) is 0 Å². The van der Waals surface area contributed by atoms with Gasteiger partial charge in [-0.1, -0.05) is 0 Å². The average molecular weight is 185 g/mol. The van der Waals surface area contributed by atoms with Crippen LogP contribution in [0.5, 0.6) is 0 Å². The van der Waals surface area contributed by atoms with E-state index in [2.05, 4.69) is 4.98 Å². The van der Waals surface area contributed by atoms with E-state index < -0.39 is 6.04 Å². The molecule has 1 heterocycles. The van der Waals surface area contributed by atoms with Crippen LogP contribution in [-0.4, -0.2) is 30.8 Å². The minimum absolute atomic E-state index is 0.136. The maximum atomic E-state index is 8.83. The van der Waals surface area contributed by atoms with E-state index in [-0.39, 0.29) is 6.61 Å². The number of oxazole rings is 1. The molecule has 0 radical (unpaired) electrons. The van der Waals surface area contributed by atoms with E-state index in [0.717, 1.165) is 5.69 Å². The molecule has 1 aromatic heterocycles. The Morgan fingerprint density at radius 3 is 2.62 bits per heavy atom. The van der Waals surface area contributed by atoms with Gasteiger partial charge in [0.2, 0.25) is 0 Å². The van der Waals surface area contributed by atoms with Crippen LogP contribution in [0.3, 0.4) is 0 Å². The second kappa shape index (κ2) is 3.76. The third-order valence-corrected chi connectivity index (χ3v) is 1.74. The number of aryl methyl sites for hydroxylation is 1. The maximum Gasteiger partial charge on any atom is 0.297 e. The molecule has 0 saturated carbocycles. The zero-order valence-electron chi connectivity index (χ0n) is 8.11. The molecule has 1 rings (SSSR count). The van der Waals surface area contributed by atoms with Gasteiger partial charge in [0.25, 0.3) is 6.01 Å². The molecule has 0 bridgehead atoms. The molecular weight excluding hydrogens is 170 g/mol. The number of rotatable bonds is 3. The number of hydrogen-bond acceptors (Lipinski definition) is 5. The molecule has 5 heteroatoms. The summed E-state index contributed by atoms with van der Waals surface area (Å²) >= 11 is 0. The molecule has 0 aliphatic rings. The van der Waals surface area contributed by atoms with Gasteiger partial charge in [0, 0.05) is 14.1 Å². The summed E-state index contributed by atoms with van der Waals surface area (Å²) < 4.78 is 5.36. The Bertz CT molecular complexity index is 283. The molecule has 1 aromatic rings. The Balaban J connectivity index is 2.96. The molecule has 1 atom stereocenters.